The Morgan fingerprint density at radius 1 is 0.800 bits per heavy atom. The minimum absolute atomic E-state index is 0. The molecule has 2 nitrogen and oxygen atoms in total. The molecule has 0 bridgehead atoms. The molecule has 0 heterocycles. The number of carbonyl (C=O) groups is 1. The van der Waals surface area contributed by atoms with Crippen LogP contribution in [0.25, 0.3) is 0 Å². The van der Waals surface area contributed by atoms with Gasteiger partial charge in [0.15, 0.2) is 0 Å². The van der Waals surface area contributed by atoms with Gasteiger partial charge in [-0.25, -0.2) is 0 Å². The van der Waals surface area contributed by atoms with Crippen molar-refractivity contribution in [1.82, 2.24) is 0 Å². The van der Waals surface area contributed by atoms with Gasteiger partial charge in [0, 0.05) is 13.0 Å². The first-order chi connectivity index (χ1) is 14.1. The molecule has 0 aromatic carbocycles. The van der Waals surface area contributed by atoms with Crippen LogP contribution in [0, 0.1) is 40.9 Å². The summed E-state index contributed by atoms with van der Waals surface area (Å²) in [4.78, 5) is 12.0. The highest BCUT2D eigenvalue weighted by Gasteiger charge is 2.58. The Balaban J connectivity index is 0.00000111. The van der Waals surface area contributed by atoms with Gasteiger partial charge >= 0.3 is 0 Å². The second kappa shape index (κ2) is 13.9. The maximum Gasteiger partial charge on any atom is 0.133 e. The molecular weight excluding hydrogens is 368 g/mol. The molecule has 180 valence electrons. The number of rotatable bonds is 2. The quantitative estimate of drug-likeness (QED) is 0.443. The number of methoxy groups -OCH3 is 1. The topological polar surface area (TPSA) is 26.3 Å². The molecule has 0 saturated heterocycles. The lowest BCUT2D eigenvalue weighted by molar-refractivity contribution is -0.154. The van der Waals surface area contributed by atoms with Crippen LogP contribution in [0.1, 0.15) is 121 Å². The van der Waals surface area contributed by atoms with Gasteiger partial charge in [0.25, 0.3) is 0 Å². The van der Waals surface area contributed by atoms with Crippen LogP contribution >= 0.6 is 0 Å². The smallest absolute Gasteiger partial charge is 0.133 e. The summed E-state index contributed by atoms with van der Waals surface area (Å²) in [5.74, 6) is 4.82. The van der Waals surface area contributed by atoms with Crippen LogP contribution in [0.3, 0.4) is 0 Å². The van der Waals surface area contributed by atoms with Gasteiger partial charge in [-0.15, -0.1) is 0 Å². The highest BCUT2D eigenvalue weighted by Crippen LogP contribution is 2.64. The summed E-state index contributed by atoms with van der Waals surface area (Å²) in [6, 6.07) is 0. The zero-order chi connectivity index (χ0) is 22.2. The predicted octanol–water partition coefficient (Wildman–Crippen LogP) is 8.57. The molecular formula is C28H56O2. The van der Waals surface area contributed by atoms with E-state index < -0.39 is 0 Å². The fraction of sp³-hybridized carbons (Fsp3) is 0.964. The minimum atomic E-state index is 0. The Labute approximate surface area is 190 Å². The van der Waals surface area contributed by atoms with Crippen molar-refractivity contribution in [3.05, 3.63) is 0 Å². The number of hydrogen-bond acceptors (Lipinski definition) is 2. The molecule has 0 aromatic rings. The van der Waals surface area contributed by atoms with Crippen LogP contribution in [0.4, 0.5) is 0 Å². The highest BCUT2D eigenvalue weighted by molar-refractivity contribution is 5.79. The summed E-state index contributed by atoms with van der Waals surface area (Å²) in [6.45, 7) is 16.4. The van der Waals surface area contributed by atoms with Crippen LogP contribution in [-0.4, -0.2) is 19.0 Å². The van der Waals surface area contributed by atoms with Gasteiger partial charge in [-0.2, -0.15) is 0 Å². The third-order valence-corrected chi connectivity index (χ3v) is 8.71. The van der Waals surface area contributed by atoms with Gasteiger partial charge in [0.1, 0.15) is 5.78 Å². The molecule has 2 heteroatoms. The van der Waals surface area contributed by atoms with Gasteiger partial charge in [0.05, 0.1) is 6.10 Å². The van der Waals surface area contributed by atoms with Crippen molar-refractivity contribution in [2.75, 3.05) is 7.11 Å². The van der Waals surface area contributed by atoms with Crippen molar-refractivity contribution >= 4 is 5.78 Å². The lowest BCUT2D eigenvalue weighted by Crippen LogP contribution is -2.55. The number of Topliss-reactive ketones (excluding diaryl/α,β-unsaturated/α-hetero) is 1. The van der Waals surface area contributed by atoms with Gasteiger partial charge < -0.3 is 4.74 Å². The first kappa shape index (κ1) is 29.6. The van der Waals surface area contributed by atoms with Gasteiger partial charge in [0.2, 0.25) is 0 Å². The van der Waals surface area contributed by atoms with Crippen molar-refractivity contribution in [3.63, 3.8) is 0 Å². The predicted molar refractivity (Wildman–Crippen MR) is 133 cm³/mol. The van der Waals surface area contributed by atoms with E-state index in [1.807, 2.05) is 55.6 Å². The van der Waals surface area contributed by atoms with Crippen LogP contribution in [-0.2, 0) is 9.53 Å². The van der Waals surface area contributed by atoms with E-state index in [9.17, 15) is 4.79 Å². The largest absolute Gasteiger partial charge is 0.381 e. The molecule has 0 aliphatic heterocycles. The SMILES string of the molecule is C.CC.CC.CC.COC1CC2C3CCC(C(C)=O)C3CCC2C2(C)CCCCC12. The molecule has 0 spiro atoms. The van der Waals surface area contributed by atoms with Crippen molar-refractivity contribution in [3.8, 4) is 0 Å². The number of hydrogen-bond donors (Lipinski definition) is 0. The van der Waals surface area contributed by atoms with E-state index in [4.69, 9.17) is 4.74 Å². The molecule has 4 aliphatic rings. The van der Waals surface area contributed by atoms with Gasteiger partial charge in [-0.1, -0.05) is 68.7 Å². The van der Waals surface area contributed by atoms with Crippen molar-refractivity contribution in [2.45, 2.75) is 127 Å². The third-order valence-electron chi connectivity index (χ3n) is 8.71. The first-order valence-electron chi connectivity index (χ1n) is 13.1. The Hall–Kier alpha value is -0.370. The monoisotopic (exact) mass is 424 g/mol. The number of carbonyl (C=O) groups excluding carboxylic acids is 1. The fourth-order valence-electron chi connectivity index (χ4n) is 7.74. The van der Waals surface area contributed by atoms with Crippen LogP contribution in [0.2, 0.25) is 0 Å². The minimum Gasteiger partial charge on any atom is -0.381 e. The molecule has 8 atom stereocenters. The number of fused-ring (bicyclic) bond motifs is 5. The Morgan fingerprint density at radius 3 is 1.97 bits per heavy atom. The molecule has 0 N–H and O–H groups in total. The Morgan fingerprint density at radius 2 is 1.40 bits per heavy atom. The molecule has 30 heavy (non-hydrogen) atoms. The molecule has 8 unspecified atom stereocenters. The lowest BCUT2D eigenvalue weighted by atomic mass is 9.46. The molecule has 4 fully saturated rings. The third kappa shape index (κ3) is 5.51. The van der Waals surface area contributed by atoms with E-state index in [1.165, 1.54) is 51.4 Å². The number of ketones is 1. The molecule has 4 saturated carbocycles. The summed E-state index contributed by atoms with van der Waals surface area (Å²) in [6.07, 6.45) is 12.5. The van der Waals surface area contributed by atoms with Crippen LogP contribution in [0.15, 0.2) is 0 Å². The molecule has 0 aromatic heterocycles. The second-order valence-corrected chi connectivity index (χ2v) is 9.34. The Kier molecular flexibility index (Phi) is 13.7. The summed E-state index contributed by atoms with van der Waals surface area (Å²) in [5, 5.41) is 0. The van der Waals surface area contributed by atoms with E-state index in [2.05, 4.69) is 6.92 Å². The number of ether oxygens (including phenoxy) is 1. The summed E-state index contributed by atoms with van der Waals surface area (Å²) in [7, 11) is 1.94. The fourth-order valence-corrected chi connectivity index (χ4v) is 7.74. The average molecular weight is 425 g/mol. The standard InChI is InChI=1S/C21H34O2.3C2H6.CH4/c1-13(22)14-7-8-16-15(14)9-10-18-17(16)12-20(23-3)19-6-4-5-11-21(18,19)2;3*1-2;/h14-20H,4-12H2,1-3H3;3*1-2H3;1H4. The van der Waals surface area contributed by atoms with Crippen LogP contribution < -0.4 is 0 Å². The van der Waals surface area contributed by atoms with Crippen molar-refractivity contribution in [2.24, 2.45) is 40.9 Å². The maximum absolute atomic E-state index is 12.0. The van der Waals surface area contributed by atoms with Gasteiger partial charge in [-0.3, -0.25) is 4.79 Å². The summed E-state index contributed by atoms with van der Waals surface area (Å²) < 4.78 is 6.03. The zero-order valence-corrected chi connectivity index (χ0v) is 21.2. The summed E-state index contributed by atoms with van der Waals surface area (Å²) >= 11 is 0. The van der Waals surface area contributed by atoms with E-state index in [0.717, 1.165) is 30.1 Å². The summed E-state index contributed by atoms with van der Waals surface area (Å²) in [5.41, 5.74) is 0.501. The van der Waals surface area contributed by atoms with Crippen molar-refractivity contribution in [1.29, 1.82) is 0 Å². The van der Waals surface area contributed by atoms with E-state index in [1.54, 1.807) is 0 Å². The van der Waals surface area contributed by atoms with Crippen molar-refractivity contribution < 1.29 is 9.53 Å². The molecule has 0 radical (unpaired) electrons. The van der Waals surface area contributed by atoms with E-state index in [0.29, 0.717) is 29.1 Å². The molecule has 0 amide bonds. The normalized spacial score (nSPS) is 40.8. The zero-order valence-electron chi connectivity index (χ0n) is 21.2. The average Bonchev–Trinajstić information content (AvgIpc) is 3.22. The first-order valence-corrected chi connectivity index (χ1v) is 13.1. The molecule has 4 aliphatic carbocycles. The van der Waals surface area contributed by atoms with Gasteiger partial charge in [-0.05, 0) is 86.9 Å². The van der Waals surface area contributed by atoms with Crippen LogP contribution in [0.5, 0.6) is 0 Å². The maximum atomic E-state index is 12.0. The van der Waals surface area contributed by atoms with E-state index in [-0.39, 0.29) is 7.43 Å². The highest BCUT2D eigenvalue weighted by atomic mass is 16.5. The lowest BCUT2D eigenvalue weighted by Gasteiger charge is -2.60. The van der Waals surface area contributed by atoms with E-state index >= 15 is 0 Å². The Bertz CT molecular complexity index is 473. The molecule has 4 rings (SSSR count). The second-order valence-electron chi connectivity index (χ2n) is 9.34.